The van der Waals surface area contributed by atoms with Crippen molar-refractivity contribution in [2.45, 2.75) is 23.8 Å². The van der Waals surface area contributed by atoms with E-state index in [4.69, 9.17) is 5.73 Å². The number of nitrogens with two attached hydrogens (primary N) is 1. The summed E-state index contributed by atoms with van der Waals surface area (Å²) in [6, 6.07) is 1.68. The summed E-state index contributed by atoms with van der Waals surface area (Å²) in [6.07, 6.45) is 4.35. The first-order chi connectivity index (χ1) is 8.00. The number of aromatic nitrogens is 1. The zero-order chi connectivity index (χ0) is 12.5. The second-order valence-electron chi connectivity index (χ2n) is 4.08. The summed E-state index contributed by atoms with van der Waals surface area (Å²) < 4.78 is 26.7. The molecule has 1 saturated heterocycles. The molecule has 0 radical (unpaired) electrons. The molecule has 2 heterocycles. The lowest BCUT2D eigenvalue weighted by Crippen LogP contribution is -2.42. The third-order valence-electron chi connectivity index (χ3n) is 2.82. The van der Waals surface area contributed by atoms with Crippen LogP contribution in [-0.2, 0) is 10.0 Å². The van der Waals surface area contributed by atoms with Gasteiger partial charge in [0.25, 0.3) is 0 Å². The van der Waals surface area contributed by atoms with Crippen LogP contribution in [0.5, 0.6) is 0 Å². The molecule has 1 aliphatic rings. The summed E-state index contributed by atoms with van der Waals surface area (Å²) in [5, 5.41) is 0. The Morgan fingerprint density at radius 1 is 1.33 bits per heavy atom. The van der Waals surface area contributed by atoms with E-state index in [2.05, 4.69) is 20.9 Å². The summed E-state index contributed by atoms with van der Waals surface area (Å²) in [5.41, 5.74) is 5.76. The summed E-state index contributed by atoms with van der Waals surface area (Å²) in [5.74, 6) is 0. The SMILES string of the molecule is Cl.NC1CCN(S(=O)(=O)c2cncc(Br)c2)CC1. The molecule has 0 amide bonds. The molecule has 8 heteroatoms. The van der Waals surface area contributed by atoms with Crippen molar-refractivity contribution in [2.24, 2.45) is 5.73 Å². The highest BCUT2D eigenvalue weighted by molar-refractivity contribution is 9.10. The van der Waals surface area contributed by atoms with E-state index >= 15 is 0 Å². The van der Waals surface area contributed by atoms with Crippen LogP contribution in [0.1, 0.15) is 12.8 Å². The molecule has 1 fully saturated rings. The fourth-order valence-corrected chi connectivity index (χ4v) is 3.77. The molecule has 1 aromatic rings. The van der Waals surface area contributed by atoms with Crippen molar-refractivity contribution in [1.82, 2.24) is 9.29 Å². The van der Waals surface area contributed by atoms with Crippen LogP contribution >= 0.6 is 28.3 Å². The van der Waals surface area contributed by atoms with Crippen molar-refractivity contribution in [3.63, 3.8) is 0 Å². The van der Waals surface area contributed by atoms with Gasteiger partial charge in [-0.2, -0.15) is 4.31 Å². The van der Waals surface area contributed by atoms with E-state index in [0.717, 1.165) is 0 Å². The highest BCUT2D eigenvalue weighted by atomic mass is 79.9. The molecule has 0 saturated carbocycles. The van der Waals surface area contributed by atoms with Gasteiger partial charge in [0.1, 0.15) is 4.90 Å². The van der Waals surface area contributed by atoms with Crippen molar-refractivity contribution in [3.8, 4) is 0 Å². The van der Waals surface area contributed by atoms with Gasteiger partial charge in [0.05, 0.1) is 0 Å². The summed E-state index contributed by atoms with van der Waals surface area (Å²) in [6.45, 7) is 0.964. The van der Waals surface area contributed by atoms with Gasteiger partial charge in [-0.3, -0.25) is 4.98 Å². The molecular formula is C10H15BrClN3O2S. The van der Waals surface area contributed by atoms with Crippen molar-refractivity contribution in [2.75, 3.05) is 13.1 Å². The van der Waals surface area contributed by atoms with Crippen molar-refractivity contribution in [1.29, 1.82) is 0 Å². The predicted molar refractivity (Wildman–Crippen MR) is 75.2 cm³/mol. The monoisotopic (exact) mass is 355 g/mol. The van der Waals surface area contributed by atoms with Crippen LogP contribution in [0.25, 0.3) is 0 Å². The molecule has 0 bridgehead atoms. The van der Waals surface area contributed by atoms with Gasteiger partial charge in [0.15, 0.2) is 0 Å². The predicted octanol–water partition coefficient (Wildman–Crippen LogP) is 1.38. The first-order valence-corrected chi connectivity index (χ1v) is 7.60. The standard InChI is InChI=1S/C10H14BrN3O2S.ClH/c11-8-5-10(7-13-6-8)17(15,16)14-3-1-9(12)2-4-14;/h5-7,9H,1-4,12H2;1H. The molecule has 1 aromatic heterocycles. The number of rotatable bonds is 2. The van der Waals surface area contributed by atoms with Crippen LogP contribution in [0.3, 0.4) is 0 Å². The summed E-state index contributed by atoms with van der Waals surface area (Å²) in [7, 11) is -3.42. The van der Waals surface area contributed by atoms with E-state index in [9.17, 15) is 8.42 Å². The highest BCUT2D eigenvalue weighted by Crippen LogP contribution is 2.21. The van der Waals surface area contributed by atoms with Gasteiger partial charge in [-0.1, -0.05) is 0 Å². The van der Waals surface area contributed by atoms with Gasteiger partial charge < -0.3 is 5.73 Å². The maximum absolute atomic E-state index is 12.3. The van der Waals surface area contributed by atoms with E-state index < -0.39 is 10.0 Å². The van der Waals surface area contributed by atoms with Crippen LogP contribution in [-0.4, -0.2) is 36.8 Å². The number of pyridine rings is 1. The van der Waals surface area contributed by atoms with E-state index in [1.807, 2.05) is 0 Å². The Bertz CT molecular complexity index is 504. The third kappa shape index (κ3) is 3.42. The maximum Gasteiger partial charge on any atom is 0.244 e. The van der Waals surface area contributed by atoms with Crippen molar-refractivity contribution < 1.29 is 8.42 Å². The molecule has 2 N–H and O–H groups in total. The number of nitrogens with zero attached hydrogens (tertiary/aromatic N) is 2. The van der Waals surface area contributed by atoms with Crippen LogP contribution in [0.4, 0.5) is 0 Å². The van der Waals surface area contributed by atoms with E-state index in [1.165, 1.54) is 10.5 Å². The van der Waals surface area contributed by atoms with Gasteiger partial charge in [-0.15, -0.1) is 12.4 Å². The topological polar surface area (TPSA) is 76.3 Å². The number of sulfonamides is 1. The molecule has 0 aromatic carbocycles. The molecule has 5 nitrogen and oxygen atoms in total. The minimum atomic E-state index is -3.42. The second-order valence-corrected chi connectivity index (χ2v) is 6.93. The van der Waals surface area contributed by atoms with Crippen LogP contribution < -0.4 is 5.73 Å². The van der Waals surface area contributed by atoms with E-state index in [0.29, 0.717) is 30.4 Å². The second kappa shape index (κ2) is 6.29. The Hall–Kier alpha value is -0.210. The molecule has 0 spiro atoms. The first-order valence-electron chi connectivity index (χ1n) is 5.36. The number of hydrogen-bond donors (Lipinski definition) is 1. The minimum Gasteiger partial charge on any atom is -0.328 e. The Morgan fingerprint density at radius 3 is 2.50 bits per heavy atom. The smallest absolute Gasteiger partial charge is 0.244 e. The first kappa shape index (κ1) is 15.8. The normalized spacial score (nSPS) is 18.3. The lowest BCUT2D eigenvalue weighted by molar-refractivity contribution is 0.320. The zero-order valence-corrected chi connectivity index (χ0v) is 12.8. The van der Waals surface area contributed by atoms with Gasteiger partial charge >= 0.3 is 0 Å². The molecule has 2 rings (SSSR count). The lowest BCUT2D eigenvalue weighted by Gasteiger charge is -2.29. The fraction of sp³-hybridized carbons (Fsp3) is 0.500. The Balaban J connectivity index is 0.00000162. The Kier molecular flexibility index (Phi) is 5.54. The van der Waals surface area contributed by atoms with Gasteiger partial charge in [0.2, 0.25) is 10.0 Å². The number of piperidine rings is 1. The van der Waals surface area contributed by atoms with Crippen LogP contribution in [0.2, 0.25) is 0 Å². The zero-order valence-electron chi connectivity index (χ0n) is 9.62. The quantitative estimate of drug-likeness (QED) is 0.868. The largest absolute Gasteiger partial charge is 0.328 e. The molecule has 0 atom stereocenters. The Labute approximate surface area is 121 Å². The van der Waals surface area contributed by atoms with Crippen LogP contribution in [0, 0.1) is 0 Å². The molecule has 18 heavy (non-hydrogen) atoms. The van der Waals surface area contributed by atoms with Crippen molar-refractivity contribution in [3.05, 3.63) is 22.9 Å². The van der Waals surface area contributed by atoms with Gasteiger partial charge in [-0.25, -0.2) is 8.42 Å². The summed E-state index contributed by atoms with van der Waals surface area (Å²) >= 11 is 3.22. The average Bonchev–Trinajstić information content (AvgIpc) is 2.29. The average molecular weight is 357 g/mol. The molecule has 1 aliphatic heterocycles. The molecule has 102 valence electrons. The van der Waals surface area contributed by atoms with Gasteiger partial charge in [0, 0.05) is 36.0 Å². The molecule has 0 unspecified atom stereocenters. The maximum atomic E-state index is 12.3. The number of halogens is 2. The Morgan fingerprint density at radius 2 is 1.94 bits per heavy atom. The van der Waals surface area contributed by atoms with Crippen LogP contribution in [0.15, 0.2) is 27.8 Å². The fourth-order valence-electron chi connectivity index (χ4n) is 1.80. The minimum absolute atomic E-state index is 0. The third-order valence-corrected chi connectivity index (χ3v) is 5.11. The summed E-state index contributed by atoms with van der Waals surface area (Å²) in [4.78, 5) is 4.11. The highest BCUT2D eigenvalue weighted by Gasteiger charge is 2.28. The molecular weight excluding hydrogens is 342 g/mol. The van der Waals surface area contributed by atoms with Crippen molar-refractivity contribution >= 4 is 38.4 Å². The van der Waals surface area contributed by atoms with Gasteiger partial charge in [-0.05, 0) is 34.8 Å². The van der Waals surface area contributed by atoms with E-state index in [-0.39, 0.29) is 23.3 Å². The lowest BCUT2D eigenvalue weighted by atomic mass is 10.1. The number of hydrogen-bond acceptors (Lipinski definition) is 4. The molecule has 0 aliphatic carbocycles. The van der Waals surface area contributed by atoms with E-state index in [1.54, 1.807) is 12.3 Å².